The van der Waals surface area contributed by atoms with Crippen molar-refractivity contribution >= 4 is 0 Å². The zero-order chi connectivity index (χ0) is 7.84. The fourth-order valence-corrected chi connectivity index (χ4v) is 2.55. The van der Waals surface area contributed by atoms with Gasteiger partial charge in [0, 0.05) is 19.2 Å². The summed E-state index contributed by atoms with van der Waals surface area (Å²) in [6.45, 7) is 0. The van der Waals surface area contributed by atoms with Crippen LogP contribution in [0.3, 0.4) is 0 Å². The van der Waals surface area contributed by atoms with Gasteiger partial charge in [-0.25, -0.2) is 0 Å². The molecular weight excluding hydrogens is 138 g/mol. The smallest absolute Gasteiger partial charge is 0.0601 e. The molecule has 0 aromatic rings. The molecule has 2 aliphatic heterocycles. The topological polar surface area (TPSA) is 12.5 Å². The summed E-state index contributed by atoms with van der Waals surface area (Å²) in [6, 6.07) is 1.64. The number of methoxy groups -OCH3 is 1. The largest absolute Gasteiger partial charge is 0.381 e. The first-order valence-electron chi connectivity index (χ1n) is 4.56. The van der Waals surface area contributed by atoms with Gasteiger partial charge in [0.15, 0.2) is 0 Å². The van der Waals surface area contributed by atoms with E-state index < -0.39 is 0 Å². The SMILES string of the molecule is COC1CC2CC[C@H](C1)N2C. The predicted octanol–water partition coefficient (Wildman–Crippen LogP) is 1.26. The van der Waals surface area contributed by atoms with Gasteiger partial charge in [-0.2, -0.15) is 0 Å². The van der Waals surface area contributed by atoms with E-state index in [4.69, 9.17) is 4.74 Å². The monoisotopic (exact) mass is 155 g/mol. The maximum absolute atomic E-state index is 5.39. The molecule has 0 radical (unpaired) electrons. The van der Waals surface area contributed by atoms with Crippen molar-refractivity contribution in [3.63, 3.8) is 0 Å². The fraction of sp³-hybridized carbons (Fsp3) is 1.00. The van der Waals surface area contributed by atoms with Crippen molar-refractivity contribution in [2.75, 3.05) is 14.2 Å². The second kappa shape index (κ2) is 2.76. The van der Waals surface area contributed by atoms with E-state index in [1.807, 2.05) is 7.11 Å². The van der Waals surface area contributed by atoms with E-state index >= 15 is 0 Å². The van der Waals surface area contributed by atoms with E-state index in [0.717, 1.165) is 12.1 Å². The van der Waals surface area contributed by atoms with Gasteiger partial charge in [0.25, 0.3) is 0 Å². The van der Waals surface area contributed by atoms with Crippen LogP contribution in [0.5, 0.6) is 0 Å². The Labute approximate surface area is 68.5 Å². The van der Waals surface area contributed by atoms with E-state index in [9.17, 15) is 0 Å². The quantitative estimate of drug-likeness (QED) is 0.565. The molecule has 0 spiro atoms. The van der Waals surface area contributed by atoms with Crippen LogP contribution in [-0.4, -0.2) is 37.2 Å². The molecule has 2 unspecified atom stereocenters. The van der Waals surface area contributed by atoms with Gasteiger partial charge in [-0.3, -0.25) is 0 Å². The van der Waals surface area contributed by atoms with Crippen LogP contribution < -0.4 is 0 Å². The van der Waals surface area contributed by atoms with Crippen LogP contribution in [0.4, 0.5) is 0 Å². The maximum Gasteiger partial charge on any atom is 0.0601 e. The van der Waals surface area contributed by atoms with Crippen LogP contribution in [0.2, 0.25) is 0 Å². The first kappa shape index (κ1) is 7.56. The summed E-state index contributed by atoms with van der Waals surface area (Å²) >= 11 is 0. The molecule has 0 aliphatic carbocycles. The van der Waals surface area contributed by atoms with E-state index in [2.05, 4.69) is 11.9 Å². The second-order valence-electron chi connectivity index (χ2n) is 3.88. The number of piperidine rings is 1. The summed E-state index contributed by atoms with van der Waals surface area (Å²) < 4.78 is 5.39. The van der Waals surface area contributed by atoms with Crippen LogP contribution in [0.1, 0.15) is 25.7 Å². The molecule has 64 valence electrons. The van der Waals surface area contributed by atoms with Gasteiger partial charge in [0.1, 0.15) is 0 Å². The number of nitrogens with zero attached hydrogens (tertiary/aromatic N) is 1. The van der Waals surface area contributed by atoms with Crippen molar-refractivity contribution in [3.05, 3.63) is 0 Å². The van der Waals surface area contributed by atoms with Gasteiger partial charge in [-0.05, 0) is 32.7 Å². The average Bonchev–Trinajstić information content (AvgIpc) is 2.26. The Bertz CT molecular complexity index is 134. The fourth-order valence-electron chi connectivity index (χ4n) is 2.55. The number of hydrogen-bond acceptors (Lipinski definition) is 2. The Morgan fingerprint density at radius 3 is 2.18 bits per heavy atom. The molecule has 0 aromatic carbocycles. The third-order valence-corrected chi connectivity index (χ3v) is 3.39. The lowest BCUT2D eigenvalue weighted by atomic mass is 10.0. The summed E-state index contributed by atoms with van der Waals surface area (Å²) in [5.74, 6) is 0. The van der Waals surface area contributed by atoms with Crippen molar-refractivity contribution < 1.29 is 4.74 Å². The molecule has 11 heavy (non-hydrogen) atoms. The van der Waals surface area contributed by atoms with Crippen LogP contribution in [-0.2, 0) is 4.74 Å². The van der Waals surface area contributed by atoms with Gasteiger partial charge >= 0.3 is 0 Å². The Hall–Kier alpha value is -0.0800. The minimum atomic E-state index is 0.545. The molecule has 2 saturated heterocycles. The normalized spacial score (nSPS) is 44.7. The Balaban J connectivity index is 2.02. The predicted molar refractivity (Wildman–Crippen MR) is 44.6 cm³/mol. The number of rotatable bonds is 1. The van der Waals surface area contributed by atoms with Gasteiger partial charge in [-0.1, -0.05) is 0 Å². The Morgan fingerprint density at radius 1 is 1.18 bits per heavy atom. The summed E-state index contributed by atoms with van der Waals surface area (Å²) in [5, 5.41) is 0. The van der Waals surface area contributed by atoms with Gasteiger partial charge in [0.05, 0.1) is 6.10 Å². The van der Waals surface area contributed by atoms with Crippen LogP contribution >= 0.6 is 0 Å². The first-order valence-corrected chi connectivity index (χ1v) is 4.56. The molecule has 0 aromatic heterocycles. The summed E-state index contributed by atoms with van der Waals surface area (Å²) in [6.07, 6.45) is 5.83. The van der Waals surface area contributed by atoms with Crippen molar-refractivity contribution in [1.82, 2.24) is 4.90 Å². The lowest BCUT2D eigenvalue weighted by Gasteiger charge is -2.35. The zero-order valence-electron chi connectivity index (χ0n) is 7.42. The highest BCUT2D eigenvalue weighted by Crippen LogP contribution is 2.34. The Kier molecular flexibility index (Phi) is 1.90. The van der Waals surface area contributed by atoms with Crippen LogP contribution in [0.25, 0.3) is 0 Å². The second-order valence-corrected chi connectivity index (χ2v) is 3.88. The Morgan fingerprint density at radius 2 is 1.73 bits per heavy atom. The summed E-state index contributed by atoms with van der Waals surface area (Å²) in [7, 11) is 4.10. The van der Waals surface area contributed by atoms with Crippen LogP contribution in [0, 0.1) is 0 Å². The molecule has 2 heteroatoms. The van der Waals surface area contributed by atoms with E-state index in [1.165, 1.54) is 25.7 Å². The van der Waals surface area contributed by atoms with Crippen LogP contribution in [0.15, 0.2) is 0 Å². The van der Waals surface area contributed by atoms with E-state index in [-0.39, 0.29) is 0 Å². The molecule has 2 bridgehead atoms. The molecule has 2 nitrogen and oxygen atoms in total. The third-order valence-electron chi connectivity index (χ3n) is 3.39. The van der Waals surface area contributed by atoms with Crippen molar-refractivity contribution in [2.24, 2.45) is 0 Å². The molecule has 2 heterocycles. The molecule has 2 rings (SSSR count). The number of fused-ring (bicyclic) bond motifs is 2. The third kappa shape index (κ3) is 1.18. The van der Waals surface area contributed by atoms with Gasteiger partial charge in [0.2, 0.25) is 0 Å². The average molecular weight is 155 g/mol. The highest BCUT2D eigenvalue weighted by atomic mass is 16.5. The maximum atomic E-state index is 5.39. The summed E-state index contributed by atoms with van der Waals surface area (Å²) in [5.41, 5.74) is 0. The first-order chi connectivity index (χ1) is 5.31. The van der Waals surface area contributed by atoms with Crippen molar-refractivity contribution in [1.29, 1.82) is 0 Å². The molecule has 0 saturated carbocycles. The van der Waals surface area contributed by atoms with Crippen molar-refractivity contribution in [2.45, 2.75) is 43.9 Å². The molecule has 2 aliphatic rings. The van der Waals surface area contributed by atoms with Gasteiger partial charge < -0.3 is 9.64 Å². The minimum Gasteiger partial charge on any atom is -0.381 e. The van der Waals surface area contributed by atoms with E-state index in [1.54, 1.807) is 0 Å². The highest BCUT2D eigenvalue weighted by Gasteiger charge is 2.38. The number of hydrogen-bond donors (Lipinski definition) is 0. The standard InChI is InChI=1S/C9H17NO/c1-10-7-3-4-8(10)6-9(5-7)11-2/h7-9H,3-6H2,1-2H3/t7-,8?,9?/m1/s1. The van der Waals surface area contributed by atoms with Crippen molar-refractivity contribution in [3.8, 4) is 0 Å². The molecule has 0 N–H and O–H groups in total. The van der Waals surface area contributed by atoms with Gasteiger partial charge in [-0.15, -0.1) is 0 Å². The molecule has 0 amide bonds. The lowest BCUT2D eigenvalue weighted by molar-refractivity contribution is 0.0163. The zero-order valence-corrected chi connectivity index (χ0v) is 7.42. The molecular formula is C9H17NO. The van der Waals surface area contributed by atoms with E-state index in [0.29, 0.717) is 6.10 Å². The highest BCUT2D eigenvalue weighted by molar-refractivity contribution is 4.93. The lowest BCUT2D eigenvalue weighted by Crippen LogP contribution is -2.42. The number of ether oxygens (including phenoxy) is 1. The minimum absolute atomic E-state index is 0.545. The molecule has 3 atom stereocenters. The molecule has 2 fully saturated rings. The summed E-state index contributed by atoms with van der Waals surface area (Å²) in [4.78, 5) is 2.54.